The molecule has 0 unspecified atom stereocenters. The van der Waals surface area contributed by atoms with Gasteiger partial charge in [0.2, 0.25) is 10.0 Å². The third-order valence-electron chi connectivity index (χ3n) is 2.63. The Labute approximate surface area is 114 Å². The van der Waals surface area contributed by atoms with Gasteiger partial charge in [0.15, 0.2) is 0 Å². The summed E-state index contributed by atoms with van der Waals surface area (Å²) >= 11 is 0. The lowest BCUT2D eigenvalue weighted by Crippen LogP contribution is -2.16. The first-order chi connectivity index (χ1) is 9.27. The van der Waals surface area contributed by atoms with E-state index in [0.717, 1.165) is 0 Å². The lowest BCUT2D eigenvalue weighted by atomic mass is 10.2. The van der Waals surface area contributed by atoms with Crippen molar-refractivity contribution in [2.24, 2.45) is 5.14 Å². The summed E-state index contributed by atoms with van der Waals surface area (Å²) in [5.41, 5.74) is 0.479. The Bertz CT molecular complexity index is 819. The van der Waals surface area contributed by atoms with Crippen molar-refractivity contribution in [3.8, 4) is 0 Å². The van der Waals surface area contributed by atoms with Crippen LogP contribution < -0.4 is 16.1 Å². The van der Waals surface area contributed by atoms with Gasteiger partial charge in [-0.25, -0.2) is 18.4 Å². The van der Waals surface area contributed by atoms with Crippen LogP contribution in [-0.2, 0) is 10.0 Å². The summed E-state index contributed by atoms with van der Waals surface area (Å²) in [5.74, 6) is -0.571. The molecule has 0 saturated carbocycles. The first-order valence-electron chi connectivity index (χ1n) is 5.50. The highest BCUT2D eigenvalue weighted by molar-refractivity contribution is 7.89. The number of H-pyrrole nitrogens is 2. The molecule has 1 aromatic carbocycles. The molecule has 106 valence electrons. The molecular weight excluding hydrogens is 284 g/mol. The molecule has 0 fully saturated rings. The summed E-state index contributed by atoms with van der Waals surface area (Å²) in [5, 5.41) is 7.53. The number of carbonyl (C=O) groups excluding carboxylic acids is 1. The van der Waals surface area contributed by atoms with Gasteiger partial charge in [-0.2, -0.15) is 0 Å². The Balaban J connectivity index is 2.34. The maximum absolute atomic E-state index is 11.9. The van der Waals surface area contributed by atoms with Crippen molar-refractivity contribution < 1.29 is 13.2 Å². The van der Waals surface area contributed by atoms with Crippen molar-refractivity contribution in [1.82, 2.24) is 9.97 Å². The fourth-order valence-electron chi connectivity index (χ4n) is 1.56. The number of aromatic amines is 2. The van der Waals surface area contributed by atoms with Gasteiger partial charge in [-0.05, 0) is 24.6 Å². The largest absolute Gasteiger partial charge is 0.323 e. The Kier molecular flexibility index (Phi) is 3.47. The first kappa shape index (κ1) is 14.0. The number of aromatic nitrogens is 2. The highest BCUT2D eigenvalue weighted by Crippen LogP contribution is 2.19. The topological polar surface area (TPSA) is 138 Å². The number of nitrogens with two attached hydrogens (primary N) is 1. The SMILES string of the molecule is Cc1ccc(S(N)(=O)=O)cc1NC(=O)c1c[nH]c(=O)[nH]1. The Hall–Kier alpha value is -2.39. The number of benzene rings is 1. The maximum Gasteiger partial charge on any atom is 0.323 e. The number of imidazole rings is 1. The third kappa shape index (κ3) is 2.95. The van der Waals surface area contributed by atoms with Gasteiger partial charge in [0.1, 0.15) is 5.69 Å². The molecule has 1 amide bonds. The monoisotopic (exact) mass is 296 g/mol. The number of sulfonamides is 1. The number of primary sulfonamides is 1. The predicted octanol–water partition coefficient (Wildman–Crippen LogP) is -0.0889. The van der Waals surface area contributed by atoms with Crippen LogP contribution in [0.15, 0.2) is 34.1 Å². The van der Waals surface area contributed by atoms with Crippen LogP contribution >= 0.6 is 0 Å². The summed E-state index contributed by atoms with van der Waals surface area (Å²) in [7, 11) is -3.85. The van der Waals surface area contributed by atoms with E-state index in [1.807, 2.05) is 0 Å². The van der Waals surface area contributed by atoms with E-state index in [4.69, 9.17) is 5.14 Å². The number of anilines is 1. The molecular formula is C11H12N4O4S. The van der Waals surface area contributed by atoms with Gasteiger partial charge >= 0.3 is 5.69 Å². The van der Waals surface area contributed by atoms with E-state index in [9.17, 15) is 18.0 Å². The van der Waals surface area contributed by atoms with Gasteiger partial charge in [0.25, 0.3) is 5.91 Å². The predicted molar refractivity (Wildman–Crippen MR) is 71.9 cm³/mol. The van der Waals surface area contributed by atoms with E-state index in [1.165, 1.54) is 24.4 Å². The fourth-order valence-corrected chi connectivity index (χ4v) is 2.10. The summed E-state index contributed by atoms with van der Waals surface area (Å²) in [6, 6.07) is 4.13. The molecule has 0 saturated heterocycles. The second kappa shape index (κ2) is 4.94. The second-order valence-electron chi connectivity index (χ2n) is 4.13. The van der Waals surface area contributed by atoms with Crippen LogP contribution in [0.25, 0.3) is 0 Å². The van der Waals surface area contributed by atoms with Crippen molar-refractivity contribution in [1.29, 1.82) is 0 Å². The van der Waals surface area contributed by atoms with Gasteiger partial charge in [-0.15, -0.1) is 0 Å². The molecule has 0 bridgehead atoms. The number of rotatable bonds is 3. The molecule has 2 rings (SSSR count). The number of nitrogens with one attached hydrogen (secondary N) is 3. The van der Waals surface area contributed by atoms with Gasteiger partial charge in [-0.1, -0.05) is 6.07 Å². The van der Waals surface area contributed by atoms with E-state index in [0.29, 0.717) is 11.3 Å². The van der Waals surface area contributed by atoms with E-state index in [-0.39, 0.29) is 10.6 Å². The minimum Gasteiger partial charge on any atom is -0.320 e. The number of hydrogen-bond donors (Lipinski definition) is 4. The molecule has 5 N–H and O–H groups in total. The van der Waals surface area contributed by atoms with Crippen LogP contribution in [0.4, 0.5) is 5.69 Å². The van der Waals surface area contributed by atoms with E-state index in [2.05, 4.69) is 15.3 Å². The van der Waals surface area contributed by atoms with Gasteiger partial charge in [0.05, 0.1) is 4.90 Å². The van der Waals surface area contributed by atoms with Gasteiger partial charge in [0, 0.05) is 11.9 Å². The lowest BCUT2D eigenvalue weighted by molar-refractivity contribution is 0.102. The smallest absolute Gasteiger partial charge is 0.320 e. The zero-order valence-electron chi connectivity index (χ0n) is 10.4. The maximum atomic E-state index is 11.9. The standard InChI is InChI=1S/C11H12N4O4S/c1-6-2-3-7(20(12,18)19)4-8(6)14-10(16)9-5-13-11(17)15-9/h2-5H,1H3,(H,14,16)(H2,12,18,19)(H2,13,15,17). The molecule has 0 atom stereocenters. The van der Waals surface area contributed by atoms with Crippen molar-refractivity contribution in [3.05, 3.63) is 46.1 Å². The minimum atomic E-state index is -3.85. The van der Waals surface area contributed by atoms with Crippen LogP contribution in [0.3, 0.4) is 0 Å². The van der Waals surface area contributed by atoms with Crippen LogP contribution in [-0.4, -0.2) is 24.3 Å². The highest BCUT2D eigenvalue weighted by Gasteiger charge is 2.13. The van der Waals surface area contributed by atoms with Crippen molar-refractivity contribution >= 4 is 21.6 Å². The average molecular weight is 296 g/mol. The molecule has 8 nitrogen and oxygen atoms in total. The quantitative estimate of drug-likeness (QED) is 0.628. The molecule has 1 heterocycles. The Morgan fingerprint density at radius 3 is 2.60 bits per heavy atom. The fraction of sp³-hybridized carbons (Fsp3) is 0.0909. The minimum absolute atomic E-state index is 0.0374. The molecule has 0 spiro atoms. The molecule has 0 aliphatic rings. The van der Waals surface area contributed by atoms with Crippen LogP contribution in [0.2, 0.25) is 0 Å². The number of carbonyl (C=O) groups is 1. The van der Waals surface area contributed by atoms with Crippen LogP contribution in [0.5, 0.6) is 0 Å². The summed E-state index contributed by atoms with van der Waals surface area (Å²) in [6.45, 7) is 1.70. The van der Waals surface area contributed by atoms with Gasteiger partial charge < -0.3 is 15.3 Å². The van der Waals surface area contributed by atoms with Crippen molar-refractivity contribution in [2.75, 3.05) is 5.32 Å². The van der Waals surface area contributed by atoms with Crippen LogP contribution in [0.1, 0.15) is 16.1 Å². The number of aryl methyl sites for hydroxylation is 1. The molecule has 1 aromatic heterocycles. The molecule has 9 heteroatoms. The summed E-state index contributed by atoms with van der Waals surface area (Å²) in [4.78, 5) is 27.3. The molecule has 0 radical (unpaired) electrons. The number of amides is 1. The molecule has 20 heavy (non-hydrogen) atoms. The second-order valence-corrected chi connectivity index (χ2v) is 5.69. The van der Waals surface area contributed by atoms with Gasteiger partial charge in [-0.3, -0.25) is 4.79 Å². The van der Waals surface area contributed by atoms with E-state index in [1.54, 1.807) is 6.92 Å². The normalized spacial score (nSPS) is 11.3. The summed E-state index contributed by atoms with van der Waals surface area (Å²) in [6.07, 6.45) is 1.22. The molecule has 0 aliphatic carbocycles. The van der Waals surface area contributed by atoms with E-state index < -0.39 is 21.6 Å². The molecule has 2 aromatic rings. The lowest BCUT2D eigenvalue weighted by Gasteiger charge is -2.09. The zero-order chi connectivity index (χ0) is 14.9. The van der Waals surface area contributed by atoms with E-state index >= 15 is 0 Å². The molecule has 0 aliphatic heterocycles. The third-order valence-corrected chi connectivity index (χ3v) is 3.54. The zero-order valence-corrected chi connectivity index (χ0v) is 11.2. The Morgan fingerprint density at radius 1 is 1.35 bits per heavy atom. The van der Waals surface area contributed by atoms with Crippen LogP contribution in [0, 0.1) is 6.92 Å². The van der Waals surface area contributed by atoms with Crippen molar-refractivity contribution in [2.45, 2.75) is 11.8 Å². The average Bonchev–Trinajstić information content (AvgIpc) is 2.77. The highest BCUT2D eigenvalue weighted by atomic mass is 32.2. The number of hydrogen-bond acceptors (Lipinski definition) is 4. The first-order valence-corrected chi connectivity index (χ1v) is 7.04. The Morgan fingerprint density at radius 2 is 2.05 bits per heavy atom. The van der Waals surface area contributed by atoms with Crippen molar-refractivity contribution in [3.63, 3.8) is 0 Å². The summed E-state index contributed by atoms with van der Waals surface area (Å²) < 4.78 is 22.5.